The van der Waals surface area contributed by atoms with Crippen LogP contribution in [0.2, 0.25) is 0 Å². The zero-order valence-electron chi connectivity index (χ0n) is 9.52. The molecule has 2 heterocycles. The summed E-state index contributed by atoms with van der Waals surface area (Å²) < 4.78 is 11.9. The molecule has 0 amide bonds. The Morgan fingerprint density at radius 1 is 1.42 bits per heavy atom. The van der Waals surface area contributed by atoms with E-state index in [9.17, 15) is 4.79 Å². The van der Waals surface area contributed by atoms with Crippen LogP contribution in [-0.2, 0) is 4.79 Å². The lowest BCUT2D eigenvalue weighted by molar-refractivity contribution is -0.133. The van der Waals surface area contributed by atoms with Gasteiger partial charge in [-0.05, 0) is 22.6 Å². The van der Waals surface area contributed by atoms with Crippen molar-refractivity contribution in [1.29, 1.82) is 0 Å². The molecule has 98 valence electrons. The largest absolute Gasteiger partial charge is 0.481 e. The second-order valence-electron chi connectivity index (χ2n) is 3.59. The van der Waals surface area contributed by atoms with Crippen molar-refractivity contribution in [3.05, 3.63) is 18.2 Å². The van der Waals surface area contributed by atoms with Crippen LogP contribution in [0, 0.1) is 0 Å². The van der Waals surface area contributed by atoms with Crippen molar-refractivity contribution in [2.75, 3.05) is 12.5 Å². The summed E-state index contributed by atoms with van der Waals surface area (Å²) in [5, 5.41) is 20.2. The van der Waals surface area contributed by atoms with E-state index in [1.54, 1.807) is 18.2 Å². The number of benzene rings is 1. The number of hydrogen-bond donors (Lipinski definition) is 1. The van der Waals surface area contributed by atoms with Gasteiger partial charge in [0.1, 0.15) is 0 Å². The van der Waals surface area contributed by atoms with E-state index < -0.39 is 5.97 Å². The van der Waals surface area contributed by atoms with Crippen LogP contribution >= 0.6 is 11.8 Å². The maximum Gasteiger partial charge on any atom is 0.313 e. The predicted molar refractivity (Wildman–Crippen MR) is 63.6 cm³/mol. The van der Waals surface area contributed by atoms with Crippen LogP contribution in [0.4, 0.5) is 0 Å². The number of aliphatic carboxylic acids is 1. The summed E-state index contributed by atoms with van der Waals surface area (Å²) in [4.78, 5) is 10.6. The first-order valence-electron chi connectivity index (χ1n) is 5.27. The first kappa shape index (κ1) is 11.8. The molecule has 8 nitrogen and oxygen atoms in total. The standard InChI is InChI=1S/C10H8N4O4S/c15-9(16)4-19-10-11-12-13-14(10)6-1-2-7-8(3-6)18-5-17-7/h1-3H,4-5H2,(H,15,16). The molecule has 0 saturated carbocycles. The molecule has 1 aliphatic rings. The van der Waals surface area contributed by atoms with Gasteiger partial charge in [-0.15, -0.1) is 5.10 Å². The highest BCUT2D eigenvalue weighted by atomic mass is 32.2. The summed E-state index contributed by atoms with van der Waals surface area (Å²) >= 11 is 1.05. The van der Waals surface area contributed by atoms with Gasteiger partial charge in [-0.2, -0.15) is 4.68 Å². The molecule has 0 spiro atoms. The molecule has 19 heavy (non-hydrogen) atoms. The van der Waals surface area contributed by atoms with Crippen molar-refractivity contribution >= 4 is 17.7 Å². The Hall–Kier alpha value is -2.29. The Kier molecular flexibility index (Phi) is 2.95. The molecule has 0 atom stereocenters. The smallest absolute Gasteiger partial charge is 0.313 e. The molecule has 1 aliphatic heterocycles. The highest BCUT2D eigenvalue weighted by Gasteiger charge is 2.16. The van der Waals surface area contributed by atoms with Crippen LogP contribution in [0.25, 0.3) is 5.69 Å². The van der Waals surface area contributed by atoms with Crippen molar-refractivity contribution in [3.8, 4) is 17.2 Å². The number of fused-ring (bicyclic) bond motifs is 1. The lowest BCUT2D eigenvalue weighted by Gasteiger charge is -2.04. The number of aromatic nitrogens is 4. The minimum absolute atomic E-state index is 0.106. The first-order valence-corrected chi connectivity index (χ1v) is 6.25. The number of hydrogen-bond acceptors (Lipinski definition) is 7. The van der Waals surface area contributed by atoms with Crippen LogP contribution in [0.5, 0.6) is 11.5 Å². The van der Waals surface area contributed by atoms with Crippen molar-refractivity contribution in [3.63, 3.8) is 0 Å². The molecule has 0 saturated heterocycles. The van der Waals surface area contributed by atoms with Gasteiger partial charge in [0, 0.05) is 6.07 Å². The van der Waals surface area contributed by atoms with Crippen LogP contribution < -0.4 is 9.47 Å². The Morgan fingerprint density at radius 3 is 3.11 bits per heavy atom. The quantitative estimate of drug-likeness (QED) is 0.811. The third kappa shape index (κ3) is 2.32. The molecule has 0 unspecified atom stereocenters. The third-order valence-electron chi connectivity index (χ3n) is 2.37. The normalized spacial score (nSPS) is 12.6. The molecule has 0 bridgehead atoms. The summed E-state index contributed by atoms with van der Waals surface area (Å²) in [5.41, 5.74) is 0.683. The number of tetrazole rings is 1. The Balaban J connectivity index is 1.90. The van der Waals surface area contributed by atoms with E-state index in [1.807, 2.05) is 0 Å². The van der Waals surface area contributed by atoms with Gasteiger partial charge in [-0.1, -0.05) is 11.8 Å². The predicted octanol–water partition coefficient (Wildman–Crippen LogP) is 0.568. The molecule has 1 N–H and O–H groups in total. The van der Waals surface area contributed by atoms with E-state index in [-0.39, 0.29) is 12.5 Å². The van der Waals surface area contributed by atoms with E-state index in [0.29, 0.717) is 22.3 Å². The Morgan fingerprint density at radius 2 is 2.26 bits per heavy atom. The zero-order valence-corrected chi connectivity index (χ0v) is 10.3. The van der Waals surface area contributed by atoms with Gasteiger partial charge in [-0.3, -0.25) is 4.79 Å². The van der Waals surface area contributed by atoms with Gasteiger partial charge in [-0.25, -0.2) is 0 Å². The monoisotopic (exact) mass is 280 g/mol. The van der Waals surface area contributed by atoms with Crippen molar-refractivity contribution in [2.24, 2.45) is 0 Å². The van der Waals surface area contributed by atoms with Crippen molar-refractivity contribution < 1.29 is 19.4 Å². The fourth-order valence-corrected chi connectivity index (χ4v) is 2.19. The number of carboxylic acid groups (broad SMARTS) is 1. The minimum atomic E-state index is -0.926. The van der Waals surface area contributed by atoms with E-state index in [4.69, 9.17) is 14.6 Å². The molecule has 3 rings (SSSR count). The molecular weight excluding hydrogens is 272 g/mol. The summed E-state index contributed by atoms with van der Waals surface area (Å²) in [5.74, 6) is 0.245. The summed E-state index contributed by atoms with van der Waals surface area (Å²) in [6, 6.07) is 5.27. The molecule has 2 aromatic rings. The van der Waals surface area contributed by atoms with Crippen molar-refractivity contribution in [1.82, 2.24) is 20.2 Å². The SMILES string of the molecule is O=C(O)CSc1nnnn1-c1ccc2c(c1)OCO2. The second kappa shape index (κ2) is 4.76. The molecule has 9 heteroatoms. The van der Waals surface area contributed by atoms with Crippen molar-refractivity contribution in [2.45, 2.75) is 5.16 Å². The van der Waals surface area contributed by atoms with Gasteiger partial charge in [0.2, 0.25) is 11.9 Å². The van der Waals surface area contributed by atoms with Crippen LogP contribution in [0.1, 0.15) is 0 Å². The fraction of sp³-hybridized carbons (Fsp3) is 0.200. The van der Waals surface area contributed by atoms with Gasteiger partial charge in [0.15, 0.2) is 11.5 Å². The molecule has 0 fully saturated rings. The number of carboxylic acids is 1. The second-order valence-corrected chi connectivity index (χ2v) is 4.54. The number of rotatable bonds is 4. The zero-order chi connectivity index (χ0) is 13.2. The van der Waals surface area contributed by atoms with Gasteiger partial charge in [0.05, 0.1) is 11.4 Å². The lowest BCUT2D eigenvalue weighted by atomic mass is 10.3. The lowest BCUT2D eigenvalue weighted by Crippen LogP contribution is -2.03. The number of thioether (sulfide) groups is 1. The van der Waals surface area contributed by atoms with Crippen LogP contribution in [-0.4, -0.2) is 43.8 Å². The molecule has 0 aliphatic carbocycles. The van der Waals surface area contributed by atoms with E-state index in [1.165, 1.54) is 4.68 Å². The maximum absolute atomic E-state index is 10.6. The fourth-order valence-electron chi connectivity index (χ4n) is 1.57. The molecule has 0 radical (unpaired) electrons. The minimum Gasteiger partial charge on any atom is -0.481 e. The van der Waals surface area contributed by atoms with E-state index >= 15 is 0 Å². The maximum atomic E-state index is 10.6. The number of carbonyl (C=O) groups is 1. The Labute approximate surface area is 111 Å². The van der Waals surface area contributed by atoms with Gasteiger partial charge < -0.3 is 14.6 Å². The Bertz CT molecular complexity index is 630. The van der Waals surface area contributed by atoms with Crippen LogP contribution in [0.15, 0.2) is 23.4 Å². The molecule has 1 aromatic carbocycles. The van der Waals surface area contributed by atoms with Crippen LogP contribution in [0.3, 0.4) is 0 Å². The molecular formula is C10H8N4O4S. The summed E-state index contributed by atoms with van der Waals surface area (Å²) in [6.07, 6.45) is 0. The number of ether oxygens (including phenoxy) is 2. The highest BCUT2D eigenvalue weighted by Crippen LogP contribution is 2.34. The van der Waals surface area contributed by atoms with Gasteiger partial charge in [0.25, 0.3) is 0 Å². The summed E-state index contributed by atoms with van der Waals surface area (Å²) in [7, 11) is 0. The topological polar surface area (TPSA) is 99.4 Å². The van der Waals surface area contributed by atoms with Gasteiger partial charge >= 0.3 is 5.97 Å². The van der Waals surface area contributed by atoms with E-state index in [0.717, 1.165) is 11.8 Å². The first-order chi connectivity index (χ1) is 9.24. The summed E-state index contributed by atoms with van der Waals surface area (Å²) in [6.45, 7) is 0.189. The van der Waals surface area contributed by atoms with E-state index in [2.05, 4.69) is 15.5 Å². The highest BCUT2D eigenvalue weighted by molar-refractivity contribution is 7.99. The number of nitrogens with zero attached hydrogens (tertiary/aromatic N) is 4. The average Bonchev–Trinajstić information content (AvgIpc) is 3.04. The average molecular weight is 280 g/mol. The third-order valence-corrected chi connectivity index (χ3v) is 3.27. The molecule has 1 aromatic heterocycles.